The van der Waals surface area contributed by atoms with Gasteiger partial charge in [-0.3, -0.25) is 9.59 Å². The minimum absolute atomic E-state index is 0.0372. The number of pyridine rings is 1. The van der Waals surface area contributed by atoms with Crippen LogP contribution in [-0.2, 0) is 11.3 Å². The topological polar surface area (TPSA) is 108 Å². The summed E-state index contributed by atoms with van der Waals surface area (Å²) < 4.78 is 17.2. The van der Waals surface area contributed by atoms with Crippen LogP contribution >= 0.6 is 11.6 Å². The Hall–Kier alpha value is -4.11. The number of amides is 1. The average molecular weight is 481 g/mol. The van der Waals surface area contributed by atoms with Gasteiger partial charge in [0.25, 0.3) is 11.4 Å². The summed E-state index contributed by atoms with van der Waals surface area (Å²) in [6.45, 7) is 1.60. The maximum atomic E-state index is 13.0. The molecule has 0 bridgehead atoms. The highest BCUT2D eigenvalue weighted by Crippen LogP contribution is 2.31. The van der Waals surface area contributed by atoms with E-state index in [0.29, 0.717) is 27.8 Å². The van der Waals surface area contributed by atoms with E-state index in [4.69, 9.17) is 25.6 Å². The van der Waals surface area contributed by atoms with Crippen LogP contribution in [0.25, 0.3) is 22.8 Å². The Morgan fingerprint density at radius 3 is 2.68 bits per heavy atom. The Balaban J connectivity index is 1.57. The van der Waals surface area contributed by atoms with Crippen LogP contribution in [0, 0.1) is 6.92 Å². The second kappa shape index (κ2) is 9.80. The lowest BCUT2D eigenvalue weighted by Crippen LogP contribution is -2.28. The number of anilines is 1. The number of nitrogens with zero attached hydrogens (tertiary/aromatic N) is 3. The van der Waals surface area contributed by atoms with E-state index in [-0.39, 0.29) is 29.7 Å². The van der Waals surface area contributed by atoms with Gasteiger partial charge in [-0.2, -0.15) is 4.98 Å². The molecule has 0 aliphatic carbocycles. The molecule has 4 aromatic rings. The average Bonchev–Trinajstić information content (AvgIpc) is 3.33. The van der Waals surface area contributed by atoms with Gasteiger partial charge in [0.05, 0.1) is 14.2 Å². The number of halogens is 1. The summed E-state index contributed by atoms with van der Waals surface area (Å²) in [7, 11) is 3.07. The monoisotopic (exact) mass is 480 g/mol. The van der Waals surface area contributed by atoms with E-state index >= 15 is 0 Å². The quantitative estimate of drug-likeness (QED) is 0.422. The summed E-state index contributed by atoms with van der Waals surface area (Å²) in [4.78, 5) is 29.9. The Morgan fingerprint density at radius 2 is 1.91 bits per heavy atom. The third kappa shape index (κ3) is 4.65. The first kappa shape index (κ1) is 23.1. The SMILES string of the molecule is COc1ccc(-c2noc(-c3cccn(CC(=O)Nc4cccc(Cl)c4C)c3=O)n2)cc1OC. The third-order valence-corrected chi connectivity index (χ3v) is 5.58. The summed E-state index contributed by atoms with van der Waals surface area (Å²) in [5.74, 6) is 1.01. The van der Waals surface area contributed by atoms with E-state index in [9.17, 15) is 9.59 Å². The van der Waals surface area contributed by atoms with E-state index in [1.54, 1.807) is 62.6 Å². The number of aromatic nitrogens is 3. The minimum atomic E-state index is -0.442. The van der Waals surface area contributed by atoms with Gasteiger partial charge in [-0.15, -0.1) is 0 Å². The first-order valence-corrected chi connectivity index (χ1v) is 10.6. The van der Waals surface area contributed by atoms with Gasteiger partial charge < -0.3 is 23.9 Å². The number of rotatable bonds is 7. The second-order valence-corrected chi connectivity index (χ2v) is 7.72. The lowest BCUT2D eigenvalue weighted by molar-refractivity contribution is -0.116. The van der Waals surface area contributed by atoms with Crippen LogP contribution in [0.1, 0.15) is 5.56 Å². The highest BCUT2D eigenvalue weighted by molar-refractivity contribution is 6.31. The Morgan fingerprint density at radius 1 is 1.12 bits per heavy atom. The summed E-state index contributed by atoms with van der Waals surface area (Å²) in [5.41, 5.74) is 1.68. The Labute approximate surface area is 199 Å². The maximum Gasteiger partial charge on any atom is 0.263 e. The van der Waals surface area contributed by atoms with Crippen molar-refractivity contribution in [3.8, 4) is 34.3 Å². The summed E-state index contributed by atoms with van der Waals surface area (Å²) in [6, 6.07) is 13.6. The van der Waals surface area contributed by atoms with Gasteiger partial charge in [-0.1, -0.05) is 22.8 Å². The predicted octanol–water partition coefficient (Wildman–Crippen LogP) is 4.18. The first-order chi connectivity index (χ1) is 16.4. The summed E-state index contributed by atoms with van der Waals surface area (Å²) in [6.07, 6.45) is 1.52. The molecule has 2 aromatic carbocycles. The maximum absolute atomic E-state index is 13.0. The van der Waals surface area contributed by atoms with Gasteiger partial charge in [0.1, 0.15) is 12.1 Å². The van der Waals surface area contributed by atoms with Crippen molar-refractivity contribution >= 4 is 23.2 Å². The lowest BCUT2D eigenvalue weighted by Gasteiger charge is -2.11. The number of hydrogen-bond donors (Lipinski definition) is 1. The molecule has 0 spiro atoms. The van der Waals surface area contributed by atoms with Gasteiger partial charge in [-0.25, -0.2) is 0 Å². The molecule has 0 saturated heterocycles. The zero-order valence-electron chi connectivity index (χ0n) is 18.7. The fourth-order valence-corrected chi connectivity index (χ4v) is 3.51. The summed E-state index contributed by atoms with van der Waals surface area (Å²) in [5, 5.41) is 7.29. The highest BCUT2D eigenvalue weighted by atomic mass is 35.5. The van der Waals surface area contributed by atoms with Crippen LogP contribution in [0.4, 0.5) is 5.69 Å². The van der Waals surface area contributed by atoms with Crippen molar-refractivity contribution < 1.29 is 18.8 Å². The normalized spacial score (nSPS) is 10.7. The van der Waals surface area contributed by atoms with Crippen molar-refractivity contribution in [1.82, 2.24) is 14.7 Å². The van der Waals surface area contributed by atoms with E-state index in [1.165, 1.54) is 17.9 Å². The lowest BCUT2D eigenvalue weighted by atomic mass is 10.2. The van der Waals surface area contributed by atoms with Crippen LogP contribution in [0.5, 0.6) is 11.5 Å². The molecule has 0 atom stereocenters. The van der Waals surface area contributed by atoms with E-state index < -0.39 is 5.56 Å². The van der Waals surface area contributed by atoms with Crippen molar-refractivity contribution in [3.63, 3.8) is 0 Å². The van der Waals surface area contributed by atoms with Crippen LogP contribution in [0.3, 0.4) is 0 Å². The highest BCUT2D eigenvalue weighted by Gasteiger charge is 2.17. The number of carbonyl (C=O) groups excluding carboxylic acids is 1. The molecular weight excluding hydrogens is 460 g/mol. The summed E-state index contributed by atoms with van der Waals surface area (Å²) >= 11 is 6.11. The molecule has 0 aliphatic heterocycles. The van der Waals surface area contributed by atoms with Crippen LogP contribution < -0.4 is 20.3 Å². The first-order valence-electron chi connectivity index (χ1n) is 10.2. The standard InChI is InChI=1S/C24H21ClN4O5/c1-14-17(25)7-4-8-18(14)26-21(30)13-29-11-5-6-16(24(29)31)23-27-22(28-34-23)15-9-10-19(32-2)20(12-15)33-3/h4-12H,13H2,1-3H3,(H,26,30). The van der Waals surface area contributed by atoms with Gasteiger partial charge >= 0.3 is 0 Å². The number of ether oxygens (including phenoxy) is 2. The number of nitrogens with one attached hydrogen (secondary N) is 1. The van der Waals surface area contributed by atoms with Crippen molar-refractivity contribution in [2.45, 2.75) is 13.5 Å². The van der Waals surface area contributed by atoms with Gasteiger partial charge in [-0.05, 0) is 55.0 Å². The molecule has 1 N–H and O–H groups in total. The van der Waals surface area contributed by atoms with Crippen LogP contribution in [0.2, 0.25) is 5.02 Å². The fourth-order valence-electron chi connectivity index (χ4n) is 3.34. The number of methoxy groups -OCH3 is 2. The van der Waals surface area contributed by atoms with Crippen molar-refractivity contribution in [2.75, 3.05) is 19.5 Å². The van der Waals surface area contributed by atoms with Crippen molar-refractivity contribution in [1.29, 1.82) is 0 Å². The molecule has 0 aliphatic rings. The molecule has 0 saturated carbocycles. The molecule has 174 valence electrons. The minimum Gasteiger partial charge on any atom is -0.493 e. The van der Waals surface area contributed by atoms with Crippen LogP contribution in [-0.4, -0.2) is 34.8 Å². The van der Waals surface area contributed by atoms with E-state index in [2.05, 4.69) is 15.5 Å². The molecule has 0 unspecified atom stereocenters. The third-order valence-electron chi connectivity index (χ3n) is 5.17. The Bertz CT molecular complexity index is 1410. The van der Waals surface area contributed by atoms with Crippen LogP contribution in [0.15, 0.2) is 64.0 Å². The fraction of sp³-hybridized carbons (Fsp3) is 0.167. The number of benzene rings is 2. The number of hydrogen-bond acceptors (Lipinski definition) is 7. The van der Waals surface area contributed by atoms with Crippen molar-refractivity contribution in [3.05, 3.63) is 75.7 Å². The molecule has 34 heavy (non-hydrogen) atoms. The molecule has 10 heteroatoms. The van der Waals surface area contributed by atoms with Crippen molar-refractivity contribution in [2.24, 2.45) is 0 Å². The number of carbonyl (C=O) groups is 1. The molecule has 2 aromatic heterocycles. The zero-order chi connectivity index (χ0) is 24.2. The van der Waals surface area contributed by atoms with Gasteiger partial charge in [0, 0.05) is 22.5 Å². The molecular formula is C24H21ClN4O5. The van der Waals surface area contributed by atoms with Gasteiger partial charge in [0.2, 0.25) is 11.7 Å². The molecule has 0 radical (unpaired) electrons. The smallest absolute Gasteiger partial charge is 0.263 e. The molecule has 0 fully saturated rings. The Kier molecular flexibility index (Phi) is 6.65. The van der Waals surface area contributed by atoms with E-state index in [1.807, 2.05) is 0 Å². The zero-order valence-corrected chi connectivity index (χ0v) is 19.4. The van der Waals surface area contributed by atoms with E-state index in [0.717, 1.165) is 5.56 Å². The molecule has 1 amide bonds. The predicted molar refractivity (Wildman–Crippen MR) is 127 cm³/mol. The molecule has 2 heterocycles. The van der Waals surface area contributed by atoms with Gasteiger partial charge in [0.15, 0.2) is 11.5 Å². The second-order valence-electron chi connectivity index (χ2n) is 7.31. The largest absolute Gasteiger partial charge is 0.493 e. The molecule has 9 nitrogen and oxygen atoms in total. The molecule has 4 rings (SSSR count).